The highest BCUT2D eigenvalue weighted by atomic mass is 35.5. The molecule has 5 rings (SSSR count). The van der Waals surface area contributed by atoms with Crippen LogP contribution in [-0.4, -0.2) is 37.8 Å². The lowest BCUT2D eigenvalue weighted by Crippen LogP contribution is -2.44. The molecule has 2 aromatic heterocycles. The van der Waals surface area contributed by atoms with Crippen LogP contribution in [-0.2, 0) is 20.1 Å². The number of halogens is 1. The number of nitrogens with two attached hydrogens (primary N) is 1. The van der Waals surface area contributed by atoms with Crippen LogP contribution in [0.15, 0.2) is 39.9 Å². The van der Waals surface area contributed by atoms with Crippen molar-refractivity contribution < 1.29 is 0 Å². The summed E-state index contributed by atoms with van der Waals surface area (Å²) in [4.78, 5) is 34.1. The fourth-order valence-corrected chi connectivity index (χ4v) is 5.19. The van der Waals surface area contributed by atoms with Gasteiger partial charge in [0.15, 0.2) is 11.2 Å². The number of aromatic nitrogens is 4. The van der Waals surface area contributed by atoms with E-state index >= 15 is 0 Å². The Morgan fingerprint density at radius 3 is 2.54 bits per heavy atom. The maximum Gasteiger partial charge on any atom is 0.332 e. The Bertz CT molecular complexity index is 1860. The zero-order valence-electron chi connectivity index (χ0n) is 21.6. The molecule has 10 nitrogen and oxygen atoms in total. The molecule has 1 fully saturated rings. The number of fused-ring (bicyclic) bond motifs is 2. The van der Waals surface area contributed by atoms with Gasteiger partial charge in [-0.3, -0.25) is 18.5 Å². The third-order valence-electron chi connectivity index (χ3n) is 7.05. The highest BCUT2D eigenvalue weighted by Gasteiger charge is 2.26. The number of rotatable bonds is 4. The van der Waals surface area contributed by atoms with Gasteiger partial charge < -0.3 is 10.6 Å². The molecule has 1 saturated heterocycles. The molecule has 3 heterocycles. The summed E-state index contributed by atoms with van der Waals surface area (Å²) in [6.07, 6.45) is 1.81. The number of benzene rings is 2. The monoisotopic (exact) mass is 542 g/mol. The van der Waals surface area contributed by atoms with Gasteiger partial charge in [0.2, 0.25) is 5.95 Å². The molecule has 1 aliphatic rings. The second-order valence-corrected chi connectivity index (χ2v) is 9.41. The van der Waals surface area contributed by atoms with Crippen LogP contribution in [0.1, 0.15) is 36.5 Å². The van der Waals surface area contributed by atoms with Crippen LogP contribution in [0.2, 0.25) is 0 Å². The number of anilines is 1. The molecule has 0 amide bonds. The average Bonchev–Trinajstić information content (AvgIpc) is 3.32. The predicted octanol–water partition coefficient (Wildman–Crippen LogP) is 2.21. The van der Waals surface area contributed by atoms with E-state index in [2.05, 4.69) is 24.0 Å². The fraction of sp³-hybridized carbons (Fsp3) is 0.321. The number of imidazole rings is 1. The van der Waals surface area contributed by atoms with Gasteiger partial charge in [-0.05, 0) is 31.4 Å². The molecule has 1 atom stereocenters. The van der Waals surface area contributed by atoms with Crippen LogP contribution in [0.4, 0.5) is 5.95 Å². The van der Waals surface area contributed by atoms with Gasteiger partial charge >= 0.3 is 5.69 Å². The van der Waals surface area contributed by atoms with Crippen molar-refractivity contribution in [1.29, 1.82) is 10.5 Å². The first-order valence-corrected chi connectivity index (χ1v) is 12.3. The first-order valence-electron chi connectivity index (χ1n) is 12.3. The Hall–Kier alpha value is -4.56. The van der Waals surface area contributed by atoms with Gasteiger partial charge in [-0.2, -0.15) is 15.5 Å². The van der Waals surface area contributed by atoms with Crippen LogP contribution < -0.4 is 21.9 Å². The topological polar surface area (TPSA) is 139 Å². The number of hydrogen-bond acceptors (Lipinski definition) is 7. The third-order valence-corrected chi connectivity index (χ3v) is 7.05. The van der Waals surface area contributed by atoms with E-state index < -0.39 is 11.2 Å². The van der Waals surface area contributed by atoms with Gasteiger partial charge in [0.25, 0.3) is 5.56 Å². The molecule has 4 aromatic rings. The minimum Gasteiger partial charge on any atom is -0.341 e. The Labute approximate surface area is 230 Å². The first-order chi connectivity index (χ1) is 18.4. The van der Waals surface area contributed by atoms with Gasteiger partial charge in [-0.15, -0.1) is 18.3 Å². The van der Waals surface area contributed by atoms with Gasteiger partial charge in [-0.1, -0.05) is 30.2 Å². The van der Waals surface area contributed by atoms with Crippen LogP contribution in [0.25, 0.3) is 21.9 Å². The van der Waals surface area contributed by atoms with E-state index in [4.69, 9.17) is 10.7 Å². The molecule has 2 N–H and O–H groups in total. The van der Waals surface area contributed by atoms with E-state index in [0.717, 1.165) is 24.0 Å². The van der Waals surface area contributed by atoms with Gasteiger partial charge in [0.1, 0.15) is 6.07 Å². The molecule has 1 aliphatic heterocycles. The first kappa shape index (κ1) is 27.5. The molecule has 198 valence electrons. The van der Waals surface area contributed by atoms with E-state index in [0.29, 0.717) is 40.0 Å². The number of nitriles is 2. The summed E-state index contributed by atoms with van der Waals surface area (Å²) < 4.78 is 4.18. The Morgan fingerprint density at radius 1 is 1.13 bits per heavy atom. The zero-order valence-corrected chi connectivity index (χ0v) is 22.5. The number of nitrogens with zero attached hydrogens (tertiary/aromatic N) is 7. The Morgan fingerprint density at radius 2 is 1.87 bits per heavy atom. The molecule has 39 heavy (non-hydrogen) atoms. The van der Waals surface area contributed by atoms with Crippen molar-refractivity contribution in [3.05, 3.63) is 67.9 Å². The molecule has 0 bridgehead atoms. The normalized spacial score (nSPS) is 14.8. The van der Waals surface area contributed by atoms with Crippen molar-refractivity contribution in [3.63, 3.8) is 0 Å². The lowest BCUT2D eigenvalue weighted by molar-refractivity contribution is 0.496. The quantitative estimate of drug-likeness (QED) is 0.390. The number of hydrogen-bond donors (Lipinski definition) is 1. The van der Waals surface area contributed by atoms with Gasteiger partial charge in [0, 0.05) is 37.0 Å². The summed E-state index contributed by atoms with van der Waals surface area (Å²) in [5, 5.41) is 21.0. The van der Waals surface area contributed by atoms with Crippen molar-refractivity contribution >= 4 is 40.3 Å². The standard InChI is InChI=1S/C28H26N8O2.ClH/c1-3-4-12-35-24-25(32-27(35)34-11-7-8-20(31)17-34)33(2)28(38)36(26(24)37)16-19-13-18(14-29)21-9-5-6-10-22(21)23(19)15-30;/h5-6,9-10,13,20H,7-8,11-12,16-17,31H2,1-2H3;1H/t20-;/m1./s1. The summed E-state index contributed by atoms with van der Waals surface area (Å²) in [6.45, 7) is 3.10. The highest BCUT2D eigenvalue weighted by molar-refractivity contribution is 5.93. The van der Waals surface area contributed by atoms with Crippen LogP contribution in [0, 0.1) is 34.5 Å². The minimum absolute atomic E-state index is 0. The van der Waals surface area contributed by atoms with E-state index in [1.54, 1.807) is 48.9 Å². The largest absolute Gasteiger partial charge is 0.341 e. The number of piperidine rings is 1. The summed E-state index contributed by atoms with van der Waals surface area (Å²) in [5.41, 5.74) is 6.75. The van der Waals surface area contributed by atoms with Crippen LogP contribution >= 0.6 is 12.4 Å². The van der Waals surface area contributed by atoms with Crippen molar-refractivity contribution in [2.45, 2.75) is 38.9 Å². The van der Waals surface area contributed by atoms with E-state index in [-0.39, 0.29) is 42.7 Å². The number of aryl methyl sites for hydroxylation is 1. The van der Waals surface area contributed by atoms with Gasteiger partial charge in [0.05, 0.1) is 30.3 Å². The van der Waals surface area contributed by atoms with Crippen molar-refractivity contribution in [3.8, 4) is 24.0 Å². The smallest absolute Gasteiger partial charge is 0.332 e. The van der Waals surface area contributed by atoms with Gasteiger partial charge in [-0.25, -0.2) is 4.79 Å². The minimum atomic E-state index is -0.564. The Kier molecular flexibility index (Phi) is 7.78. The highest BCUT2D eigenvalue weighted by Crippen LogP contribution is 2.27. The fourth-order valence-electron chi connectivity index (χ4n) is 5.19. The molecule has 0 aliphatic carbocycles. The second kappa shape index (κ2) is 11.0. The molecular formula is C28H27ClN8O2. The SMILES string of the molecule is CC#CCn1c(N2CCC[C@@H](N)C2)nc2c1c(=O)n(Cc1cc(C#N)c3ccccc3c1C#N)c(=O)n2C.Cl. The van der Waals surface area contributed by atoms with E-state index in [1.165, 1.54) is 4.57 Å². The molecule has 2 aromatic carbocycles. The summed E-state index contributed by atoms with van der Waals surface area (Å²) in [6, 6.07) is 13.1. The third kappa shape index (κ3) is 4.64. The average molecular weight is 543 g/mol. The summed E-state index contributed by atoms with van der Waals surface area (Å²) in [7, 11) is 1.57. The van der Waals surface area contributed by atoms with Crippen LogP contribution in [0.5, 0.6) is 0 Å². The van der Waals surface area contributed by atoms with Crippen LogP contribution in [0.3, 0.4) is 0 Å². The zero-order chi connectivity index (χ0) is 27.0. The summed E-state index contributed by atoms with van der Waals surface area (Å²) in [5.74, 6) is 6.44. The second-order valence-electron chi connectivity index (χ2n) is 9.41. The molecule has 11 heteroatoms. The summed E-state index contributed by atoms with van der Waals surface area (Å²) >= 11 is 0. The maximum atomic E-state index is 13.9. The molecule has 0 spiro atoms. The lowest BCUT2D eigenvalue weighted by atomic mass is 9.95. The molecule has 0 unspecified atom stereocenters. The molecular weight excluding hydrogens is 516 g/mol. The van der Waals surface area contributed by atoms with Crippen molar-refractivity contribution in [2.75, 3.05) is 18.0 Å². The van der Waals surface area contributed by atoms with Crippen molar-refractivity contribution in [1.82, 2.24) is 18.7 Å². The molecule has 0 saturated carbocycles. The predicted molar refractivity (Wildman–Crippen MR) is 152 cm³/mol. The maximum absolute atomic E-state index is 13.9. The lowest BCUT2D eigenvalue weighted by Gasteiger charge is -2.31. The van der Waals surface area contributed by atoms with E-state index in [9.17, 15) is 20.1 Å². The van der Waals surface area contributed by atoms with Crippen molar-refractivity contribution in [2.24, 2.45) is 12.8 Å². The van der Waals surface area contributed by atoms with E-state index in [1.807, 2.05) is 4.90 Å². The Balaban J connectivity index is 0.00000353. The molecule has 0 radical (unpaired) electrons.